The fourth-order valence-corrected chi connectivity index (χ4v) is 2.72. The maximum absolute atomic E-state index is 13.2. The molecule has 1 saturated carbocycles. The zero-order valence-corrected chi connectivity index (χ0v) is 11.2. The lowest BCUT2D eigenvalue weighted by molar-refractivity contribution is -0.139. The van der Waals surface area contributed by atoms with Gasteiger partial charge in [-0.2, -0.15) is 13.2 Å². The summed E-state index contributed by atoms with van der Waals surface area (Å²) in [4.78, 5) is 8.12. The first-order valence-corrected chi connectivity index (χ1v) is 6.73. The lowest BCUT2D eigenvalue weighted by atomic mass is 9.70. The Morgan fingerprint density at radius 1 is 1.00 bits per heavy atom. The lowest BCUT2D eigenvalue weighted by Crippen LogP contribution is -2.44. The smallest absolute Gasteiger partial charge is 0.345 e. The van der Waals surface area contributed by atoms with Crippen LogP contribution in [0.1, 0.15) is 30.4 Å². The zero-order valence-electron chi connectivity index (χ0n) is 11.2. The first kappa shape index (κ1) is 13.9. The van der Waals surface area contributed by atoms with Crippen LogP contribution in [0.25, 0.3) is 0 Å². The summed E-state index contributed by atoms with van der Waals surface area (Å²) in [6.45, 7) is 0. The van der Waals surface area contributed by atoms with Gasteiger partial charge in [0, 0.05) is 12.4 Å². The maximum Gasteiger partial charge on any atom is 0.416 e. The molecule has 0 bridgehead atoms. The SMILES string of the molecule is FC(F)(F)c1ccccc1C1(Nc2ncccn2)CCC1. The number of aromatic nitrogens is 2. The Hall–Kier alpha value is -2.11. The molecule has 3 rings (SSSR count). The number of nitrogens with one attached hydrogen (secondary N) is 1. The van der Waals surface area contributed by atoms with Crippen LogP contribution in [0.4, 0.5) is 19.1 Å². The van der Waals surface area contributed by atoms with E-state index in [4.69, 9.17) is 0 Å². The van der Waals surface area contributed by atoms with Crippen molar-refractivity contribution in [2.24, 2.45) is 0 Å². The summed E-state index contributed by atoms with van der Waals surface area (Å²) in [6.07, 6.45) is 0.926. The molecule has 1 aliphatic carbocycles. The fourth-order valence-electron chi connectivity index (χ4n) is 2.72. The number of anilines is 1. The summed E-state index contributed by atoms with van der Waals surface area (Å²) in [5, 5.41) is 3.10. The van der Waals surface area contributed by atoms with Gasteiger partial charge in [0.1, 0.15) is 0 Å². The molecule has 1 N–H and O–H groups in total. The minimum atomic E-state index is -4.36. The van der Waals surface area contributed by atoms with E-state index < -0.39 is 17.3 Å². The number of nitrogens with zero attached hydrogens (tertiary/aromatic N) is 2. The van der Waals surface area contributed by atoms with Crippen molar-refractivity contribution in [3.8, 4) is 0 Å². The number of hydrogen-bond donors (Lipinski definition) is 1. The van der Waals surface area contributed by atoms with Gasteiger partial charge in [0.15, 0.2) is 0 Å². The molecule has 3 nitrogen and oxygen atoms in total. The molecule has 0 spiro atoms. The first-order chi connectivity index (χ1) is 10.0. The number of rotatable bonds is 3. The van der Waals surface area contributed by atoms with E-state index in [-0.39, 0.29) is 5.56 Å². The molecular formula is C15H14F3N3. The van der Waals surface area contributed by atoms with E-state index in [0.29, 0.717) is 18.8 Å². The van der Waals surface area contributed by atoms with Crippen molar-refractivity contribution in [2.45, 2.75) is 31.0 Å². The Kier molecular flexibility index (Phi) is 3.31. The van der Waals surface area contributed by atoms with Crippen molar-refractivity contribution in [3.63, 3.8) is 0 Å². The summed E-state index contributed by atoms with van der Waals surface area (Å²) in [6, 6.07) is 7.39. The van der Waals surface area contributed by atoms with Crippen LogP contribution in [0, 0.1) is 0 Å². The van der Waals surface area contributed by atoms with Gasteiger partial charge in [0.2, 0.25) is 5.95 Å². The lowest BCUT2D eigenvalue weighted by Gasteiger charge is -2.44. The van der Waals surface area contributed by atoms with Gasteiger partial charge < -0.3 is 5.32 Å². The first-order valence-electron chi connectivity index (χ1n) is 6.73. The molecule has 0 unspecified atom stereocenters. The average molecular weight is 293 g/mol. The molecule has 21 heavy (non-hydrogen) atoms. The Morgan fingerprint density at radius 2 is 1.67 bits per heavy atom. The van der Waals surface area contributed by atoms with Gasteiger partial charge in [-0.15, -0.1) is 0 Å². The summed E-state index contributed by atoms with van der Waals surface area (Å²) >= 11 is 0. The average Bonchev–Trinajstić information content (AvgIpc) is 2.43. The molecule has 1 aliphatic rings. The quantitative estimate of drug-likeness (QED) is 0.930. The van der Waals surface area contributed by atoms with Gasteiger partial charge in [0.05, 0.1) is 11.1 Å². The number of halogens is 3. The minimum Gasteiger partial charge on any atom is -0.345 e. The van der Waals surface area contributed by atoms with E-state index in [2.05, 4.69) is 15.3 Å². The molecule has 1 heterocycles. The largest absolute Gasteiger partial charge is 0.416 e. The second-order valence-corrected chi connectivity index (χ2v) is 5.18. The number of benzene rings is 1. The van der Waals surface area contributed by atoms with Crippen molar-refractivity contribution < 1.29 is 13.2 Å². The van der Waals surface area contributed by atoms with Crippen molar-refractivity contribution in [2.75, 3.05) is 5.32 Å². The monoisotopic (exact) mass is 293 g/mol. The molecule has 1 aromatic heterocycles. The normalized spacial score (nSPS) is 17.1. The van der Waals surface area contributed by atoms with Gasteiger partial charge >= 0.3 is 6.18 Å². The van der Waals surface area contributed by atoms with Gasteiger partial charge in [-0.05, 0) is 37.0 Å². The summed E-state index contributed by atoms with van der Waals surface area (Å²) < 4.78 is 39.7. The van der Waals surface area contributed by atoms with Crippen LogP contribution in [0.15, 0.2) is 42.7 Å². The van der Waals surface area contributed by atoms with E-state index >= 15 is 0 Å². The summed E-state index contributed by atoms with van der Waals surface area (Å²) in [7, 11) is 0. The Balaban J connectivity index is 2.01. The molecule has 0 amide bonds. The molecule has 110 valence electrons. The molecule has 2 aromatic rings. The molecule has 0 aliphatic heterocycles. The zero-order chi connectivity index (χ0) is 14.9. The van der Waals surface area contributed by atoms with E-state index in [0.717, 1.165) is 12.5 Å². The predicted octanol–water partition coefficient (Wildman–Crippen LogP) is 3.99. The highest BCUT2D eigenvalue weighted by atomic mass is 19.4. The highest BCUT2D eigenvalue weighted by Crippen LogP contribution is 2.47. The van der Waals surface area contributed by atoms with E-state index in [1.807, 2.05) is 0 Å². The highest BCUT2D eigenvalue weighted by Gasteiger charge is 2.45. The van der Waals surface area contributed by atoms with Gasteiger partial charge in [-0.1, -0.05) is 18.2 Å². The second kappa shape index (κ2) is 5.02. The Bertz CT molecular complexity index is 622. The number of hydrogen-bond acceptors (Lipinski definition) is 3. The fraction of sp³-hybridized carbons (Fsp3) is 0.333. The van der Waals surface area contributed by atoms with Crippen LogP contribution in [0.3, 0.4) is 0 Å². The topological polar surface area (TPSA) is 37.8 Å². The molecular weight excluding hydrogens is 279 g/mol. The van der Waals surface area contributed by atoms with Crippen LogP contribution in [-0.2, 0) is 11.7 Å². The van der Waals surface area contributed by atoms with Crippen LogP contribution in [0.5, 0.6) is 0 Å². The van der Waals surface area contributed by atoms with E-state index in [1.165, 1.54) is 12.1 Å². The highest BCUT2D eigenvalue weighted by molar-refractivity contribution is 5.44. The molecule has 1 fully saturated rings. The molecule has 0 atom stereocenters. The van der Waals surface area contributed by atoms with Crippen LogP contribution >= 0.6 is 0 Å². The predicted molar refractivity (Wildman–Crippen MR) is 72.6 cm³/mol. The Morgan fingerprint density at radius 3 is 2.24 bits per heavy atom. The van der Waals surface area contributed by atoms with Crippen molar-refractivity contribution in [3.05, 3.63) is 53.9 Å². The van der Waals surface area contributed by atoms with Crippen molar-refractivity contribution in [1.82, 2.24) is 9.97 Å². The van der Waals surface area contributed by atoms with Crippen LogP contribution in [0.2, 0.25) is 0 Å². The third-order valence-corrected chi connectivity index (χ3v) is 3.87. The van der Waals surface area contributed by atoms with Gasteiger partial charge in [-0.3, -0.25) is 0 Å². The van der Waals surface area contributed by atoms with Crippen LogP contribution < -0.4 is 5.32 Å². The number of alkyl halides is 3. The van der Waals surface area contributed by atoms with Crippen molar-refractivity contribution >= 4 is 5.95 Å². The standard InChI is InChI=1S/C15H14F3N3/c16-15(17,18)12-6-2-1-5-11(12)14(7-3-8-14)21-13-19-9-4-10-20-13/h1-2,4-6,9-10H,3,7-8H2,(H,19,20,21). The molecule has 1 aromatic carbocycles. The summed E-state index contributed by atoms with van der Waals surface area (Å²) in [5.41, 5.74) is -1.04. The molecule has 6 heteroatoms. The van der Waals surface area contributed by atoms with E-state index in [1.54, 1.807) is 24.5 Å². The van der Waals surface area contributed by atoms with Gasteiger partial charge in [-0.25, -0.2) is 9.97 Å². The minimum absolute atomic E-state index is 0.274. The molecule has 0 saturated heterocycles. The summed E-state index contributed by atoms with van der Waals surface area (Å²) in [5.74, 6) is 0.356. The van der Waals surface area contributed by atoms with E-state index in [9.17, 15) is 13.2 Å². The second-order valence-electron chi connectivity index (χ2n) is 5.18. The van der Waals surface area contributed by atoms with Crippen molar-refractivity contribution in [1.29, 1.82) is 0 Å². The van der Waals surface area contributed by atoms with Gasteiger partial charge in [0.25, 0.3) is 0 Å². The maximum atomic E-state index is 13.2. The third kappa shape index (κ3) is 2.57. The third-order valence-electron chi connectivity index (χ3n) is 3.87. The molecule has 0 radical (unpaired) electrons. The Labute approximate surface area is 120 Å². The van der Waals surface area contributed by atoms with Crippen LogP contribution in [-0.4, -0.2) is 9.97 Å².